The summed E-state index contributed by atoms with van der Waals surface area (Å²) < 4.78 is 37.7. The van der Waals surface area contributed by atoms with Gasteiger partial charge in [0.05, 0.1) is 5.56 Å². The summed E-state index contributed by atoms with van der Waals surface area (Å²) in [5, 5.41) is 12.0. The number of amides is 2. The van der Waals surface area contributed by atoms with Gasteiger partial charge in [0.25, 0.3) is 0 Å². The molecule has 2 rings (SSSR count). The van der Waals surface area contributed by atoms with E-state index in [4.69, 9.17) is 0 Å². The fourth-order valence-electron chi connectivity index (χ4n) is 2.87. The number of aliphatic hydroxyl groups excluding tert-OH is 1. The monoisotopic (exact) mass is 344 g/mol. The van der Waals surface area contributed by atoms with Crippen LogP contribution in [-0.2, 0) is 6.18 Å². The minimum atomic E-state index is -4.34. The lowest BCUT2D eigenvalue weighted by Crippen LogP contribution is -2.46. The highest BCUT2D eigenvalue weighted by atomic mass is 19.4. The molecule has 0 unspecified atom stereocenters. The van der Waals surface area contributed by atoms with Crippen LogP contribution in [0, 0.1) is 5.92 Å². The Hall–Kier alpha value is -1.76. The molecule has 2 N–H and O–H groups in total. The molecule has 0 radical (unpaired) electrons. The second kappa shape index (κ2) is 7.88. The zero-order valence-electron chi connectivity index (χ0n) is 13.6. The number of halogens is 3. The first-order valence-electron chi connectivity index (χ1n) is 8.12. The summed E-state index contributed by atoms with van der Waals surface area (Å²) in [6.07, 6.45) is -2.55. The van der Waals surface area contributed by atoms with E-state index in [0.29, 0.717) is 19.6 Å². The van der Waals surface area contributed by atoms with Crippen molar-refractivity contribution in [2.24, 2.45) is 5.92 Å². The third-order valence-electron chi connectivity index (χ3n) is 4.43. The average molecular weight is 344 g/mol. The van der Waals surface area contributed by atoms with Crippen LogP contribution in [0.5, 0.6) is 0 Å². The predicted molar refractivity (Wildman–Crippen MR) is 84.6 cm³/mol. The molecule has 2 atom stereocenters. The van der Waals surface area contributed by atoms with Gasteiger partial charge in [0.2, 0.25) is 0 Å². The average Bonchev–Trinajstić information content (AvgIpc) is 2.58. The van der Waals surface area contributed by atoms with Crippen LogP contribution in [0.4, 0.5) is 18.0 Å². The van der Waals surface area contributed by atoms with Gasteiger partial charge in [-0.2, -0.15) is 13.2 Å². The molecule has 4 nitrogen and oxygen atoms in total. The topological polar surface area (TPSA) is 52.6 Å². The van der Waals surface area contributed by atoms with E-state index >= 15 is 0 Å². The largest absolute Gasteiger partial charge is 0.416 e. The molecule has 1 aromatic rings. The first kappa shape index (κ1) is 18.6. The van der Waals surface area contributed by atoms with Crippen LogP contribution < -0.4 is 5.32 Å². The highest BCUT2D eigenvalue weighted by molar-refractivity contribution is 5.74. The van der Waals surface area contributed by atoms with Gasteiger partial charge >= 0.3 is 12.2 Å². The number of benzene rings is 1. The third kappa shape index (κ3) is 4.87. The standard InChI is InChI=1S/C17H23F3N2O2/c1-12(14-4-6-15(7-5-14)17(18,19)20)9-21-16(24)22-8-2-3-13(10-22)11-23/h4-7,12-13,23H,2-3,8-11H2,1H3,(H,21,24)/t12-,13+/m0/s1. The van der Waals surface area contributed by atoms with Crippen LogP contribution in [0.15, 0.2) is 24.3 Å². The number of piperidine rings is 1. The molecule has 0 aliphatic carbocycles. The minimum Gasteiger partial charge on any atom is -0.396 e. The highest BCUT2D eigenvalue weighted by Gasteiger charge is 2.30. The van der Waals surface area contributed by atoms with Crippen molar-refractivity contribution in [3.63, 3.8) is 0 Å². The number of hydrogen-bond donors (Lipinski definition) is 2. The fraction of sp³-hybridized carbons (Fsp3) is 0.588. The molecule has 1 saturated heterocycles. The SMILES string of the molecule is C[C@@H](CNC(=O)N1CCC[C@@H](CO)C1)c1ccc(C(F)(F)F)cc1. The number of urea groups is 1. The number of nitrogens with one attached hydrogen (secondary N) is 1. The quantitative estimate of drug-likeness (QED) is 0.881. The smallest absolute Gasteiger partial charge is 0.396 e. The first-order chi connectivity index (χ1) is 11.3. The lowest BCUT2D eigenvalue weighted by Gasteiger charge is -2.32. The molecule has 0 saturated carbocycles. The van der Waals surface area contributed by atoms with Gasteiger partial charge in [-0.05, 0) is 42.4 Å². The Labute approximate surface area is 139 Å². The molecule has 1 heterocycles. The van der Waals surface area contributed by atoms with Crippen molar-refractivity contribution in [2.75, 3.05) is 26.2 Å². The van der Waals surface area contributed by atoms with Gasteiger partial charge in [-0.15, -0.1) is 0 Å². The van der Waals surface area contributed by atoms with Crippen molar-refractivity contribution < 1.29 is 23.1 Å². The Morgan fingerprint density at radius 3 is 2.62 bits per heavy atom. The molecule has 1 aliphatic rings. The van der Waals surface area contributed by atoms with Crippen molar-refractivity contribution in [2.45, 2.75) is 31.9 Å². The Morgan fingerprint density at radius 2 is 2.04 bits per heavy atom. The van der Waals surface area contributed by atoms with Crippen LogP contribution in [0.2, 0.25) is 0 Å². The summed E-state index contributed by atoms with van der Waals surface area (Å²) in [6.45, 7) is 3.49. The van der Waals surface area contributed by atoms with E-state index in [2.05, 4.69) is 5.32 Å². The summed E-state index contributed by atoms with van der Waals surface area (Å²) in [5.74, 6) is 0.0338. The Bertz CT molecular complexity index is 546. The van der Waals surface area contributed by atoms with E-state index in [-0.39, 0.29) is 24.5 Å². The van der Waals surface area contributed by atoms with Crippen molar-refractivity contribution in [1.29, 1.82) is 0 Å². The summed E-state index contributed by atoms with van der Waals surface area (Å²) in [5.41, 5.74) is 0.0704. The lowest BCUT2D eigenvalue weighted by atomic mass is 9.99. The molecule has 7 heteroatoms. The molecular weight excluding hydrogens is 321 g/mol. The molecule has 24 heavy (non-hydrogen) atoms. The maximum atomic E-state index is 12.6. The summed E-state index contributed by atoms with van der Waals surface area (Å²) >= 11 is 0. The Balaban J connectivity index is 1.86. The number of hydrogen-bond acceptors (Lipinski definition) is 2. The molecule has 2 amide bonds. The van der Waals surface area contributed by atoms with Crippen LogP contribution in [-0.4, -0.2) is 42.3 Å². The Morgan fingerprint density at radius 1 is 1.38 bits per heavy atom. The third-order valence-corrected chi connectivity index (χ3v) is 4.43. The number of carbonyl (C=O) groups excluding carboxylic acids is 1. The number of likely N-dealkylation sites (tertiary alicyclic amines) is 1. The van der Waals surface area contributed by atoms with Crippen molar-refractivity contribution in [3.05, 3.63) is 35.4 Å². The molecular formula is C17H23F3N2O2. The van der Waals surface area contributed by atoms with Crippen molar-refractivity contribution >= 4 is 6.03 Å². The van der Waals surface area contributed by atoms with E-state index in [1.807, 2.05) is 6.92 Å². The van der Waals surface area contributed by atoms with Gasteiger partial charge in [0.15, 0.2) is 0 Å². The molecule has 1 fully saturated rings. The fourth-order valence-corrected chi connectivity index (χ4v) is 2.87. The van der Waals surface area contributed by atoms with E-state index in [0.717, 1.165) is 30.5 Å². The highest BCUT2D eigenvalue weighted by Crippen LogP contribution is 2.30. The zero-order chi connectivity index (χ0) is 17.7. The Kier molecular flexibility index (Phi) is 6.10. The number of aliphatic hydroxyl groups is 1. The van der Waals surface area contributed by atoms with E-state index in [9.17, 15) is 23.1 Å². The van der Waals surface area contributed by atoms with Gasteiger partial charge in [0, 0.05) is 26.2 Å². The maximum Gasteiger partial charge on any atom is 0.416 e. The van der Waals surface area contributed by atoms with Crippen molar-refractivity contribution in [1.82, 2.24) is 10.2 Å². The van der Waals surface area contributed by atoms with Crippen LogP contribution in [0.1, 0.15) is 36.8 Å². The van der Waals surface area contributed by atoms with Crippen LogP contribution >= 0.6 is 0 Å². The molecule has 1 aliphatic heterocycles. The normalized spacial score (nSPS) is 19.9. The lowest BCUT2D eigenvalue weighted by molar-refractivity contribution is -0.137. The molecule has 1 aromatic carbocycles. The summed E-state index contributed by atoms with van der Waals surface area (Å²) in [7, 11) is 0. The van der Waals surface area contributed by atoms with Crippen LogP contribution in [0.3, 0.4) is 0 Å². The number of nitrogens with zero attached hydrogens (tertiary/aromatic N) is 1. The molecule has 0 bridgehead atoms. The molecule has 0 aromatic heterocycles. The first-order valence-corrected chi connectivity index (χ1v) is 8.12. The second-order valence-electron chi connectivity index (χ2n) is 6.34. The summed E-state index contributed by atoms with van der Waals surface area (Å²) in [4.78, 5) is 13.8. The van der Waals surface area contributed by atoms with E-state index < -0.39 is 11.7 Å². The summed E-state index contributed by atoms with van der Waals surface area (Å²) in [6, 6.07) is 4.82. The maximum absolute atomic E-state index is 12.6. The second-order valence-corrected chi connectivity index (χ2v) is 6.34. The molecule has 134 valence electrons. The van der Waals surface area contributed by atoms with Crippen LogP contribution in [0.25, 0.3) is 0 Å². The van der Waals surface area contributed by atoms with Gasteiger partial charge in [-0.1, -0.05) is 19.1 Å². The number of carbonyl (C=O) groups is 1. The van der Waals surface area contributed by atoms with E-state index in [1.54, 1.807) is 4.90 Å². The number of rotatable bonds is 4. The van der Waals surface area contributed by atoms with E-state index in [1.165, 1.54) is 12.1 Å². The predicted octanol–water partition coefficient (Wildman–Crippen LogP) is 3.22. The zero-order valence-corrected chi connectivity index (χ0v) is 13.6. The van der Waals surface area contributed by atoms with Gasteiger partial charge in [-0.3, -0.25) is 0 Å². The van der Waals surface area contributed by atoms with Crippen molar-refractivity contribution in [3.8, 4) is 0 Å². The minimum absolute atomic E-state index is 0.0751. The number of alkyl halides is 3. The molecule has 0 spiro atoms. The van der Waals surface area contributed by atoms with Gasteiger partial charge < -0.3 is 15.3 Å². The van der Waals surface area contributed by atoms with Gasteiger partial charge in [0.1, 0.15) is 0 Å². The van der Waals surface area contributed by atoms with Gasteiger partial charge in [-0.25, -0.2) is 4.79 Å².